The van der Waals surface area contributed by atoms with Crippen molar-refractivity contribution < 1.29 is 4.74 Å². The van der Waals surface area contributed by atoms with Crippen molar-refractivity contribution in [2.45, 2.75) is 52.7 Å². The summed E-state index contributed by atoms with van der Waals surface area (Å²) in [4.78, 5) is 11.4. The second-order valence-electron chi connectivity index (χ2n) is 5.44. The zero-order valence-corrected chi connectivity index (χ0v) is 13.0. The molecule has 0 saturated carbocycles. The molecular weight excluding hydrogens is 252 g/mol. The third kappa shape index (κ3) is 3.60. The van der Waals surface area contributed by atoms with Gasteiger partial charge in [0.1, 0.15) is 17.5 Å². The normalized spacial score (nSPS) is 22.9. The summed E-state index contributed by atoms with van der Waals surface area (Å²) in [5.41, 5.74) is 0. The summed E-state index contributed by atoms with van der Waals surface area (Å²) in [7, 11) is 0. The van der Waals surface area contributed by atoms with Crippen molar-refractivity contribution >= 4 is 11.6 Å². The molecule has 0 aliphatic carbocycles. The predicted octanol–water partition coefficient (Wildman–Crippen LogP) is 2.61. The standard InChI is InChI=1S/C15H26N4O/c1-5-7-16-14-8-15(18-12(4)17-14)19-9-11(3)20-10-13(19)6-2/h8,11,13H,5-7,9-10H2,1-4H3,(H,16,17,18). The van der Waals surface area contributed by atoms with Crippen LogP contribution in [0.4, 0.5) is 11.6 Å². The number of aromatic nitrogens is 2. The molecule has 1 aliphatic heterocycles. The fraction of sp³-hybridized carbons (Fsp3) is 0.733. The maximum Gasteiger partial charge on any atom is 0.134 e. The maximum atomic E-state index is 5.76. The summed E-state index contributed by atoms with van der Waals surface area (Å²) in [6, 6.07) is 2.46. The Hall–Kier alpha value is -1.36. The summed E-state index contributed by atoms with van der Waals surface area (Å²) in [5.74, 6) is 2.75. The van der Waals surface area contributed by atoms with Crippen LogP contribution in [0, 0.1) is 6.92 Å². The second kappa shape index (κ2) is 6.88. The van der Waals surface area contributed by atoms with Crippen LogP contribution in [0.5, 0.6) is 0 Å². The first-order valence-corrected chi connectivity index (χ1v) is 7.61. The molecule has 1 fully saturated rings. The van der Waals surface area contributed by atoms with Gasteiger partial charge in [-0.15, -0.1) is 0 Å². The van der Waals surface area contributed by atoms with Crippen LogP contribution in [-0.2, 0) is 4.74 Å². The average Bonchev–Trinajstić information content (AvgIpc) is 2.44. The monoisotopic (exact) mass is 278 g/mol. The van der Waals surface area contributed by atoms with Crippen LogP contribution < -0.4 is 10.2 Å². The van der Waals surface area contributed by atoms with E-state index in [9.17, 15) is 0 Å². The van der Waals surface area contributed by atoms with Gasteiger partial charge in [0, 0.05) is 19.2 Å². The molecule has 112 valence electrons. The number of rotatable bonds is 5. The summed E-state index contributed by atoms with van der Waals surface area (Å²) < 4.78 is 5.76. The molecule has 0 aromatic carbocycles. The number of hydrogen-bond donors (Lipinski definition) is 1. The molecular formula is C15H26N4O. The molecule has 1 aromatic heterocycles. The van der Waals surface area contributed by atoms with Crippen molar-refractivity contribution in [3.63, 3.8) is 0 Å². The second-order valence-corrected chi connectivity index (χ2v) is 5.44. The van der Waals surface area contributed by atoms with Crippen molar-refractivity contribution in [3.05, 3.63) is 11.9 Å². The number of nitrogens with one attached hydrogen (secondary N) is 1. The van der Waals surface area contributed by atoms with E-state index in [-0.39, 0.29) is 6.10 Å². The quantitative estimate of drug-likeness (QED) is 0.897. The van der Waals surface area contributed by atoms with Gasteiger partial charge >= 0.3 is 0 Å². The molecule has 2 unspecified atom stereocenters. The minimum atomic E-state index is 0.250. The molecule has 2 rings (SSSR count). The highest BCUT2D eigenvalue weighted by Gasteiger charge is 2.27. The van der Waals surface area contributed by atoms with Crippen LogP contribution in [0.1, 0.15) is 39.4 Å². The van der Waals surface area contributed by atoms with Gasteiger partial charge in [-0.25, -0.2) is 9.97 Å². The molecule has 5 nitrogen and oxygen atoms in total. The van der Waals surface area contributed by atoms with Crippen LogP contribution in [0.25, 0.3) is 0 Å². The summed E-state index contributed by atoms with van der Waals surface area (Å²) in [5, 5.41) is 3.35. The number of anilines is 2. The van der Waals surface area contributed by atoms with Gasteiger partial charge in [-0.3, -0.25) is 0 Å². The van der Waals surface area contributed by atoms with E-state index in [1.54, 1.807) is 0 Å². The minimum Gasteiger partial charge on any atom is -0.375 e. The Morgan fingerprint density at radius 2 is 2.20 bits per heavy atom. The Kier molecular flexibility index (Phi) is 5.17. The third-order valence-electron chi connectivity index (χ3n) is 3.61. The lowest BCUT2D eigenvalue weighted by Crippen LogP contribution is -2.49. The molecule has 1 aromatic rings. The Labute approximate surface area is 121 Å². The lowest BCUT2D eigenvalue weighted by atomic mass is 10.1. The lowest BCUT2D eigenvalue weighted by Gasteiger charge is -2.39. The van der Waals surface area contributed by atoms with Gasteiger partial charge in [0.15, 0.2) is 0 Å². The smallest absolute Gasteiger partial charge is 0.134 e. The number of aryl methyl sites for hydroxylation is 1. The van der Waals surface area contributed by atoms with Crippen molar-refractivity contribution in [1.29, 1.82) is 0 Å². The largest absolute Gasteiger partial charge is 0.375 e. The zero-order chi connectivity index (χ0) is 14.5. The molecule has 5 heteroatoms. The highest BCUT2D eigenvalue weighted by Crippen LogP contribution is 2.23. The Morgan fingerprint density at radius 3 is 2.90 bits per heavy atom. The summed E-state index contributed by atoms with van der Waals surface area (Å²) in [6.45, 7) is 11.0. The van der Waals surface area contributed by atoms with E-state index in [1.165, 1.54) is 0 Å². The van der Waals surface area contributed by atoms with Gasteiger partial charge in [0.25, 0.3) is 0 Å². The highest BCUT2D eigenvalue weighted by atomic mass is 16.5. The minimum absolute atomic E-state index is 0.250. The molecule has 0 bridgehead atoms. The van der Waals surface area contributed by atoms with Crippen molar-refractivity contribution in [2.24, 2.45) is 0 Å². The first-order valence-electron chi connectivity index (χ1n) is 7.61. The first-order chi connectivity index (χ1) is 9.63. The van der Waals surface area contributed by atoms with E-state index in [4.69, 9.17) is 4.74 Å². The Balaban J connectivity index is 2.22. The highest BCUT2D eigenvalue weighted by molar-refractivity contribution is 5.50. The predicted molar refractivity (Wildman–Crippen MR) is 82.4 cm³/mol. The van der Waals surface area contributed by atoms with Crippen molar-refractivity contribution in [3.8, 4) is 0 Å². The van der Waals surface area contributed by atoms with Gasteiger partial charge in [-0.05, 0) is 26.7 Å². The first kappa shape index (κ1) is 15.0. The summed E-state index contributed by atoms with van der Waals surface area (Å²) in [6.07, 6.45) is 2.40. The molecule has 0 radical (unpaired) electrons. The average molecular weight is 278 g/mol. The van der Waals surface area contributed by atoms with Crippen molar-refractivity contribution in [1.82, 2.24) is 9.97 Å². The fourth-order valence-electron chi connectivity index (χ4n) is 2.51. The van der Waals surface area contributed by atoms with E-state index in [0.717, 1.165) is 50.0 Å². The fourth-order valence-corrected chi connectivity index (χ4v) is 2.51. The van der Waals surface area contributed by atoms with Crippen LogP contribution >= 0.6 is 0 Å². The maximum absolute atomic E-state index is 5.76. The van der Waals surface area contributed by atoms with Gasteiger partial charge < -0.3 is 15.0 Å². The molecule has 20 heavy (non-hydrogen) atoms. The molecule has 0 spiro atoms. The van der Waals surface area contributed by atoms with E-state index >= 15 is 0 Å². The zero-order valence-electron chi connectivity index (χ0n) is 13.0. The van der Waals surface area contributed by atoms with E-state index in [1.807, 2.05) is 6.92 Å². The molecule has 2 heterocycles. The molecule has 1 aliphatic rings. The molecule has 2 atom stereocenters. The third-order valence-corrected chi connectivity index (χ3v) is 3.61. The van der Waals surface area contributed by atoms with E-state index in [0.29, 0.717) is 6.04 Å². The van der Waals surface area contributed by atoms with Crippen molar-refractivity contribution in [2.75, 3.05) is 29.9 Å². The molecule has 1 saturated heterocycles. The van der Waals surface area contributed by atoms with Gasteiger partial charge in [-0.1, -0.05) is 13.8 Å². The Morgan fingerprint density at radius 1 is 1.40 bits per heavy atom. The molecule has 0 amide bonds. The number of hydrogen-bond acceptors (Lipinski definition) is 5. The number of nitrogens with zero attached hydrogens (tertiary/aromatic N) is 3. The number of ether oxygens (including phenoxy) is 1. The van der Waals surface area contributed by atoms with E-state index < -0.39 is 0 Å². The van der Waals surface area contributed by atoms with Gasteiger partial charge in [0.2, 0.25) is 0 Å². The SMILES string of the molecule is CCCNc1cc(N2CC(C)OCC2CC)nc(C)n1. The van der Waals surface area contributed by atoms with Crippen LogP contribution in [-0.4, -0.2) is 41.8 Å². The van der Waals surface area contributed by atoms with Crippen LogP contribution in [0.2, 0.25) is 0 Å². The number of morpholine rings is 1. The Bertz CT molecular complexity index is 438. The van der Waals surface area contributed by atoms with Gasteiger partial charge in [0.05, 0.1) is 18.8 Å². The summed E-state index contributed by atoms with van der Waals surface area (Å²) >= 11 is 0. The van der Waals surface area contributed by atoms with Crippen LogP contribution in [0.3, 0.4) is 0 Å². The lowest BCUT2D eigenvalue weighted by molar-refractivity contribution is 0.0296. The van der Waals surface area contributed by atoms with Crippen LogP contribution in [0.15, 0.2) is 6.07 Å². The van der Waals surface area contributed by atoms with Gasteiger partial charge in [-0.2, -0.15) is 0 Å². The van der Waals surface area contributed by atoms with E-state index in [2.05, 4.69) is 47.0 Å². The topological polar surface area (TPSA) is 50.3 Å². The molecule has 1 N–H and O–H groups in total.